The van der Waals surface area contributed by atoms with Gasteiger partial charge in [-0.05, 0) is 63.6 Å². The van der Waals surface area contributed by atoms with Crippen LogP contribution in [0.3, 0.4) is 0 Å². The highest BCUT2D eigenvalue weighted by molar-refractivity contribution is 6.36. The van der Waals surface area contributed by atoms with Crippen LogP contribution in [0.25, 0.3) is 0 Å². The van der Waals surface area contributed by atoms with E-state index in [0.29, 0.717) is 40.4 Å². The van der Waals surface area contributed by atoms with E-state index < -0.39 is 6.04 Å². The number of halogens is 2. The van der Waals surface area contributed by atoms with E-state index in [1.807, 2.05) is 39.0 Å². The predicted molar refractivity (Wildman–Crippen MR) is 115 cm³/mol. The summed E-state index contributed by atoms with van der Waals surface area (Å²) in [5, 5.41) is 7.02. The molecule has 0 saturated carbocycles. The van der Waals surface area contributed by atoms with Gasteiger partial charge in [-0.2, -0.15) is 0 Å². The van der Waals surface area contributed by atoms with Gasteiger partial charge >= 0.3 is 0 Å². The number of carbonyl (C=O) groups is 1. The number of carbonyl (C=O) groups excluding carboxylic acids is 1. The lowest BCUT2D eigenvalue weighted by atomic mass is 10.1. The summed E-state index contributed by atoms with van der Waals surface area (Å²) in [5.74, 6) is 1.22. The molecule has 7 heteroatoms. The lowest BCUT2D eigenvalue weighted by Crippen LogP contribution is -2.39. The molecule has 2 N–H and O–H groups in total. The van der Waals surface area contributed by atoms with Crippen molar-refractivity contribution in [3.63, 3.8) is 0 Å². The zero-order valence-electron chi connectivity index (χ0n) is 16.5. The number of hydrogen-bond acceptors (Lipinski definition) is 4. The maximum Gasteiger partial charge on any atom is 0.241 e. The summed E-state index contributed by atoms with van der Waals surface area (Å²) in [6.07, 6.45) is 0. The van der Waals surface area contributed by atoms with Crippen LogP contribution in [0.5, 0.6) is 11.5 Å². The zero-order valence-corrected chi connectivity index (χ0v) is 18.0. The molecule has 0 aliphatic carbocycles. The van der Waals surface area contributed by atoms with Crippen molar-refractivity contribution in [2.45, 2.75) is 39.8 Å². The van der Waals surface area contributed by atoms with Gasteiger partial charge in [-0.1, -0.05) is 29.3 Å². The minimum absolute atomic E-state index is 0.0728. The molecule has 0 aliphatic heterocycles. The number of rotatable bonds is 9. The Labute approximate surface area is 176 Å². The fraction of sp³-hybridized carbons (Fsp3) is 0.381. The van der Waals surface area contributed by atoms with Crippen molar-refractivity contribution in [3.8, 4) is 11.5 Å². The van der Waals surface area contributed by atoms with Gasteiger partial charge in [0.2, 0.25) is 5.91 Å². The van der Waals surface area contributed by atoms with Crippen LogP contribution in [0.1, 0.15) is 39.3 Å². The first-order chi connectivity index (χ1) is 13.3. The summed E-state index contributed by atoms with van der Waals surface area (Å²) in [4.78, 5) is 12.5. The Morgan fingerprint density at radius 3 is 2.32 bits per heavy atom. The Morgan fingerprint density at radius 1 is 1.00 bits per heavy atom. The highest BCUT2D eigenvalue weighted by atomic mass is 35.5. The van der Waals surface area contributed by atoms with Gasteiger partial charge in [-0.15, -0.1) is 0 Å². The summed E-state index contributed by atoms with van der Waals surface area (Å²) in [5.41, 5.74) is 1.52. The maximum atomic E-state index is 12.5. The summed E-state index contributed by atoms with van der Waals surface area (Å²) >= 11 is 12.0. The molecule has 0 unspecified atom stereocenters. The van der Waals surface area contributed by atoms with Gasteiger partial charge in [-0.3, -0.25) is 10.1 Å². The summed E-state index contributed by atoms with van der Waals surface area (Å²) in [6, 6.07) is 10.2. The maximum absolute atomic E-state index is 12.5. The van der Waals surface area contributed by atoms with Crippen molar-refractivity contribution in [2.75, 3.05) is 18.5 Å². The van der Waals surface area contributed by atoms with Crippen LogP contribution in [0.15, 0.2) is 36.4 Å². The van der Waals surface area contributed by atoms with Crippen molar-refractivity contribution >= 4 is 34.8 Å². The zero-order chi connectivity index (χ0) is 20.7. The first kappa shape index (κ1) is 22.3. The van der Waals surface area contributed by atoms with E-state index in [-0.39, 0.29) is 11.9 Å². The molecular formula is C21H26Cl2N2O3. The molecule has 2 rings (SSSR count). The molecule has 2 aromatic rings. The van der Waals surface area contributed by atoms with E-state index in [9.17, 15) is 4.79 Å². The lowest BCUT2D eigenvalue weighted by molar-refractivity contribution is -0.117. The molecule has 0 aliphatic rings. The van der Waals surface area contributed by atoms with E-state index in [1.54, 1.807) is 25.1 Å². The topological polar surface area (TPSA) is 59.6 Å². The molecule has 0 radical (unpaired) electrons. The van der Waals surface area contributed by atoms with E-state index in [1.165, 1.54) is 0 Å². The van der Waals surface area contributed by atoms with E-state index in [0.717, 1.165) is 5.56 Å². The molecule has 0 heterocycles. The Balaban J connectivity index is 2.05. The Hall–Kier alpha value is -1.95. The molecule has 0 aromatic heterocycles. The van der Waals surface area contributed by atoms with Gasteiger partial charge in [0.25, 0.3) is 0 Å². The molecule has 2 aromatic carbocycles. The number of hydrogen-bond donors (Lipinski definition) is 2. The van der Waals surface area contributed by atoms with Crippen LogP contribution in [-0.4, -0.2) is 25.2 Å². The van der Waals surface area contributed by atoms with Gasteiger partial charge in [0.1, 0.15) is 0 Å². The minimum atomic E-state index is -0.441. The van der Waals surface area contributed by atoms with Crippen molar-refractivity contribution in [1.82, 2.24) is 5.32 Å². The fourth-order valence-corrected chi connectivity index (χ4v) is 3.17. The van der Waals surface area contributed by atoms with E-state index in [2.05, 4.69) is 10.6 Å². The number of anilines is 1. The van der Waals surface area contributed by atoms with Gasteiger partial charge in [0.15, 0.2) is 11.5 Å². The number of nitrogens with one attached hydrogen (secondary N) is 2. The molecule has 0 spiro atoms. The van der Waals surface area contributed by atoms with Gasteiger partial charge in [0.05, 0.1) is 30.0 Å². The predicted octanol–water partition coefficient (Wildman–Crippen LogP) is 5.47. The quantitative estimate of drug-likeness (QED) is 0.560. The molecule has 152 valence electrons. The Bertz CT molecular complexity index is 814. The Kier molecular flexibility index (Phi) is 8.42. The average Bonchev–Trinajstić information content (AvgIpc) is 2.65. The molecule has 5 nitrogen and oxygen atoms in total. The molecular weight excluding hydrogens is 399 g/mol. The summed E-state index contributed by atoms with van der Waals surface area (Å²) in [6.45, 7) is 8.77. The summed E-state index contributed by atoms with van der Waals surface area (Å²) < 4.78 is 11.3. The number of amides is 1. The molecule has 0 fully saturated rings. The average molecular weight is 425 g/mol. The van der Waals surface area contributed by atoms with Gasteiger partial charge < -0.3 is 14.8 Å². The second-order valence-corrected chi connectivity index (χ2v) is 7.14. The van der Waals surface area contributed by atoms with Crippen molar-refractivity contribution in [3.05, 3.63) is 52.0 Å². The van der Waals surface area contributed by atoms with Gasteiger partial charge in [0, 0.05) is 11.1 Å². The highest BCUT2D eigenvalue weighted by Gasteiger charge is 2.18. The van der Waals surface area contributed by atoms with Crippen LogP contribution in [0.4, 0.5) is 5.69 Å². The third-order valence-electron chi connectivity index (χ3n) is 4.15. The van der Waals surface area contributed by atoms with Gasteiger partial charge in [-0.25, -0.2) is 0 Å². The van der Waals surface area contributed by atoms with Crippen LogP contribution >= 0.6 is 23.2 Å². The standard InChI is InChI=1S/C21H26Cl2N2O3/c1-5-27-19-10-7-15(11-20(19)28-6-2)13(3)24-14(4)21(26)25-18-9-8-16(22)12-17(18)23/h7-14,24H,5-6H2,1-4H3,(H,25,26)/t13-,14-/m1/s1. The van der Waals surface area contributed by atoms with Crippen molar-refractivity contribution in [2.24, 2.45) is 0 Å². The molecule has 0 saturated heterocycles. The smallest absolute Gasteiger partial charge is 0.241 e. The van der Waals surface area contributed by atoms with Crippen molar-refractivity contribution in [1.29, 1.82) is 0 Å². The third-order valence-corrected chi connectivity index (χ3v) is 4.70. The number of ether oxygens (including phenoxy) is 2. The van der Waals surface area contributed by atoms with Crippen LogP contribution in [0, 0.1) is 0 Å². The molecule has 1 amide bonds. The highest BCUT2D eigenvalue weighted by Crippen LogP contribution is 2.31. The molecule has 2 atom stereocenters. The van der Waals surface area contributed by atoms with Crippen LogP contribution in [-0.2, 0) is 4.79 Å². The minimum Gasteiger partial charge on any atom is -0.490 e. The summed E-state index contributed by atoms with van der Waals surface area (Å²) in [7, 11) is 0. The van der Waals surface area contributed by atoms with Crippen molar-refractivity contribution < 1.29 is 14.3 Å². The SMILES string of the molecule is CCOc1ccc([C@@H](C)N[C@H](C)C(=O)Nc2ccc(Cl)cc2Cl)cc1OCC. The second kappa shape index (κ2) is 10.6. The van der Waals surface area contributed by atoms with E-state index >= 15 is 0 Å². The second-order valence-electron chi connectivity index (χ2n) is 6.30. The lowest BCUT2D eigenvalue weighted by Gasteiger charge is -2.21. The third kappa shape index (κ3) is 6.03. The Morgan fingerprint density at radius 2 is 1.68 bits per heavy atom. The fourth-order valence-electron chi connectivity index (χ4n) is 2.72. The van der Waals surface area contributed by atoms with E-state index in [4.69, 9.17) is 32.7 Å². The first-order valence-corrected chi connectivity index (χ1v) is 10.0. The normalized spacial score (nSPS) is 12.9. The monoisotopic (exact) mass is 424 g/mol. The van der Waals surface area contributed by atoms with Crippen LogP contribution < -0.4 is 20.1 Å². The number of benzene rings is 2. The van der Waals surface area contributed by atoms with Crippen LogP contribution in [0.2, 0.25) is 10.0 Å². The first-order valence-electron chi connectivity index (χ1n) is 9.27. The molecule has 0 bridgehead atoms. The largest absolute Gasteiger partial charge is 0.490 e. The molecule has 28 heavy (non-hydrogen) atoms.